The van der Waals surface area contributed by atoms with E-state index >= 15 is 0 Å². The first-order valence-corrected chi connectivity index (χ1v) is 8.53. The summed E-state index contributed by atoms with van der Waals surface area (Å²) in [6.45, 7) is 5.67. The van der Waals surface area contributed by atoms with Crippen molar-refractivity contribution in [3.8, 4) is 11.5 Å². The van der Waals surface area contributed by atoms with Crippen molar-refractivity contribution in [3.63, 3.8) is 0 Å². The van der Waals surface area contributed by atoms with Gasteiger partial charge in [-0.05, 0) is 50.1 Å². The Morgan fingerprint density at radius 2 is 1.81 bits per heavy atom. The standard InChI is InChI=1S/C19H19F3N4O/c1-4-11-5-8-15(14(21)9-11)24-17-12(6-7-13(20)16(17)22)18-25-26-19(27-18)23-10(2)3/h5-10,24H,4H2,1-3H3,(H,23,26). The molecule has 0 aliphatic carbocycles. The van der Waals surface area contributed by atoms with Gasteiger partial charge in [0.1, 0.15) is 5.82 Å². The van der Waals surface area contributed by atoms with Crippen molar-refractivity contribution in [2.75, 3.05) is 10.6 Å². The van der Waals surface area contributed by atoms with Crippen LogP contribution in [0.5, 0.6) is 0 Å². The summed E-state index contributed by atoms with van der Waals surface area (Å²) in [5.74, 6) is -2.84. The molecule has 0 saturated heterocycles. The number of aryl methyl sites for hydroxylation is 1. The Hall–Kier alpha value is -3.03. The lowest BCUT2D eigenvalue weighted by molar-refractivity contribution is 0.510. The quantitative estimate of drug-likeness (QED) is 0.613. The first-order chi connectivity index (χ1) is 12.9. The van der Waals surface area contributed by atoms with Crippen LogP contribution in [-0.4, -0.2) is 16.2 Å². The van der Waals surface area contributed by atoms with E-state index in [4.69, 9.17) is 4.42 Å². The maximum atomic E-state index is 14.5. The lowest BCUT2D eigenvalue weighted by atomic mass is 10.1. The zero-order valence-electron chi connectivity index (χ0n) is 15.1. The second-order valence-electron chi connectivity index (χ2n) is 6.29. The van der Waals surface area contributed by atoms with Crippen LogP contribution in [0, 0.1) is 17.5 Å². The van der Waals surface area contributed by atoms with Crippen molar-refractivity contribution in [1.82, 2.24) is 10.2 Å². The van der Waals surface area contributed by atoms with Crippen LogP contribution in [-0.2, 0) is 6.42 Å². The van der Waals surface area contributed by atoms with Crippen molar-refractivity contribution < 1.29 is 17.6 Å². The Bertz CT molecular complexity index is 956. The zero-order chi connectivity index (χ0) is 19.6. The van der Waals surface area contributed by atoms with E-state index in [2.05, 4.69) is 20.8 Å². The lowest BCUT2D eigenvalue weighted by Gasteiger charge is -2.13. The van der Waals surface area contributed by atoms with E-state index in [-0.39, 0.29) is 34.9 Å². The monoisotopic (exact) mass is 376 g/mol. The minimum atomic E-state index is -1.16. The molecule has 0 spiro atoms. The van der Waals surface area contributed by atoms with Gasteiger partial charge in [0.25, 0.3) is 5.89 Å². The molecule has 0 aliphatic heterocycles. The first kappa shape index (κ1) is 18.8. The second-order valence-corrected chi connectivity index (χ2v) is 6.29. The number of nitrogens with one attached hydrogen (secondary N) is 2. The number of aromatic nitrogens is 2. The fraction of sp³-hybridized carbons (Fsp3) is 0.263. The van der Waals surface area contributed by atoms with Gasteiger partial charge in [-0.1, -0.05) is 18.1 Å². The Labute approximate surface area is 154 Å². The number of benzene rings is 2. The smallest absolute Gasteiger partial charge is 0.315 e. The summed E-state index contributed by atoms with van der Waals surface area (Å²) in [5, 5.41) is 13.2. The van der Waals surface area contributed by atoms with Gasteiger partial charge in [-0.3, -0.25) is 0 Å². The molecule has 0 saturated carbocycles. The Morgan fingerprint density at radius 3 is 2.48 bits per heavy atom. The van der Waals surface area contributed by atoms with Crippen molar-refractivity contribution in [2.45, 2.75) is 33.2 Å². The summed E-state index contributed by atoms with van der Waals surface area (Å²) in [6.07, 6.45) is 0.657. The third-order valence-corrected chi connectivity index (χ3v) is 3.86. The minimum Gasteiger partial charge on any atom is -0.403 e. The van der Waals surface area contributed by atoms with Gasteiger partial charge in [0.2, 0.25) is 0 Å². The summed E-state index contributed by atoms with van der Waals surface area (Å²) >= 11 is 0. The summed E-state index contributed by atoms with van der Waals surface area (Å²) in [7, 11) is 0. The topological polar surface area (TPSA) is 63.0 Å². The molecule has 2 N–H and O–H groups in total. The van der Waals surface area contributed by atoms with E-state index < -0.39 is 17.5 Å². The maximum absolute atomic E-state index is 14.5. The molecule has 0 amide bonds. The second kappa shape index (κ2) is 7.69. The predicted octanol–water partition coefficient (Wildman–Crippen LogP) is 5.28. The molecule has 0 aliphatic rings. The van der Waals surface area contributed by atoms with Crippen LogP contribution in [0.25, 0.3) is 11.5 Å². The van der Waals surface area contributed by atoms with Gasteiger partial charge >= 0.3 is 6.01 Å². The van der Waals surface area contributed by atoms with Crippen LogP contribution in [0.2, 0.25) is 0 Å². The molecular formula is C19H19F3N4O. The molecule has 1 heterocycles. The summed E-state index contributed by atoms with van der Waals surface area (Å²) < 4.78 is 48.0. The molecule has 0 fully saturated rings. The molecule has 2 aromatic carbocycles. The molecule has 1 aromatic heterocycles. The number of anilines is 3. The Balaban J connectivity index is 2.02. The molecule has 0 unspecified atom stereocenters. The molecule has 0 radical (unpaired) electrons. The van der Waals surface area contributed by atoms with E-state index in [0.29, 0.717) is 6.42 Å². The third kappa shape index (κ3) is 4.05. The number of halogens is 3. The summed E-state index contributed by atoms with van der Waals surface area (Å²) in [4.78, 5) is 0. The highest BCUT2D eigenvalue weighted by Gasteiger charge is 2.20. The summed E-state index contributed by atoms with van der Waals surface area (Å²) in [6, 6.07) is 6.97. The maximum Gasteiger partial charge on any atom is 0.315 e. The van der Waals surface area contributed by atoms with Gasteiger partial charge in [-0.25, -0.2) is 13.2 Å². The zero-order valence-corrected chi connectivity index (χ0v) is 15.1. The van der Waals surface area contributed by atoms with Gasteiger partial charge in [0, 0.05) is 6.04 Å². The number of rotatable bonds is 6. The number of nitrogens with zero attached hydrogens (tertiary/aromatic N) is 2. The highest BCUT2D eigenvalue weighted by Crippen LogP contribution is 2.34. The molecule has 142 valence electrons. The Kier molecular flexibility index (Phi) is 5.34. The molecule has 8 heteroatoms. The molecular weight excluding hydrogens is 357 g/mol. The van der Waals surface area contributed by atoms with E-state index in [0.717, 1.165) is 11.6 Å². The van der Waals surface area contributed by atoms with Crippen LogP contribution in [0.1, 0.15) is 26.3 Å². The van der Waals surface area contributed by atoms with Gasteiger partial charge < -0.3 is 15.1 Å². The SMILES string of the molecule is CCc1ccc(Nc2c(-c3nnc(NC(C)C)o3)ccc(F)c2F)c(F)c1. The number of hydrogen-bond acceptors (Lipinski definition) is 5. The van der Waals surface area contributed by atoms with Crippen LogP contribution in [0.3, 0.4) is 0 Å². The van der Waals surface area contributed by atoms with Gasteiger partial charge in [-0.2, -0.15) is 0 Å². The molecule has 3 rings (SSSR count). The van der Waals surface area contributed by atoms with Gasteiger partial charge in [-0.15, -0.1) is 5.10 Å². The van der Waals surface area contributed by atoms with E-state index in [9.17, 15) is 13.2 Å². The Morgan fingerprint density at radius 1 is 1.04 bits per heavy atom. The highest BCUT2D eigenvalue weighted by molar-refractivity contribution is 5.78. The number of hydrogen-bond donors (Lipinski definition) is 2. The largest absolute Gasteiger partial charge is 0.403 e. The predicted molar refractivity (Wildman–Crippen MR) is 97.5 cm³/mol. The fourth-order valence-electron chi connectivity index (χ4n) is 2.50. The fourth-order valence-corrected chi connectivity index (χ4v) is 2.50. The lowest BCUT2D eigenvalue weighted by Crippen LogP contribution is -2.09. The average Bonchev–Trinajstić information content (AvgIpc) is 3.08. The van der Waals surface area contributed by atoms with E-state index in [1.165, 1.54) is 18.2 Å². The van der Waals surface area contributed by atoms with Crippen LogP contribution < -0.4 is 10.6 Å². The van der Waals surface area contributed by atoms with Crippen molar-refractivity contribution in [1.29, 1.82) is 0 Å². The average molecular weight is 376 g/mol. The molecule has 0 bridgehead atoms. The van der Waals surface area contributed by atoms with Gasteiger partial charge in [0.05, 0.1) is 16.9 Å². The van der Waals surface area contributed by atoms with Crippen LogP contribution in [0.15, 0.2) is 34.7 Å². The van der Waals surface area contributed by atoms with Gasteiger partial charge in [0.15, 0.2) is 11.6 Å². The normalized spacial score (nSPS) is 11.1. The highest BCUT2D eigenvalue weighted by atomic mass is 19.2. The van der Waals surface area contributed by atoms with E-state index in [1.807, 2.05) is 20.8 Å². The van der Waals surface area contributed by atoms with E-state index in [1.54, 1.807) is 6.07 Å². The van der Waals surface area contributed by atoms with Crippen molar-refractivity contribution in [2.24, 2.45) is 0 Å². The summed E-state index contributed by atoms with van der Waals surface area (Å²) in [5.41, 5.74) is 0.646. The first-order valence-electron chi connectivity index (χ1n) is 8.53. The molecule has 0 atom stereocenters. The van der Waals surface area contributed by atoms with Crippen LogP contribution >= 0.6 is 0 Å². The van der Waals surface area contributed by atoms with Crippen molar-refractivity contribution in [3.05, 3.63) is 53.3 Å². The van der Waals surface area contributed by atoms with Crippen LogP contribution in [0.4, 0.5) is 30.6 Å². The molecule has 3 aromatic rings. The minimum absolute atomic E-state index is 0.0120. The third-order valence-electron chi connectivity index (χ3n) is 3.86. The van der Waals surface area contributed by atoms with Crippen molar-refractivity contribution >= 4 is 17.4 Å². The molecule has 27 heavy (non-hydrogen) atoms. The molecule has 5 nitrogen and oxygen atoms in total.